The Morgan fingerprint density at radius 2 is 2.08 bits per heavy atom. The number of halogens is 1. The topological polar surface area (TPSA) is 32.9 Å². The zero-order valence-corrected chi connectivity index (χ0v) is 7.85. The summed E-state index contributed by atoms with van der Waals surface area (Å²) in [7, 11) is 0. The molecule has 0 aliphatic rings. The first-order valence-electron chi connectivity index (χ1n) is 3.96. The van der Waals surface area contributed by atoms with E-state index in [2.05, 4.69) is 4.98 Å². The van der Waals surface area contributed by atoms with Gasteiger partial charge in [-0.25, -0.2) is 0 Å². The van der Waals surface area contributed by atoms with Crippen LogP contribution in [0.3, 0.4) is 0 Å². The molecule has 0 bridgehead atoms. The van der Waals surface area contributed by atoms with Crippen molar-refractivity contribution in [3.8, 4) is 0 Å². The Morgan fingerprint density at radius 3 is 2.85 bits per heavy atom. The largest absolute Gasteiger partial charge is 0.322 e. The van der Waals surface area contributed by atoms with Crippen LogP contribution in [0.15, 0.2) is 29.1 Å². The first-order valence-corrected chi connectivity index (χ1v) is 4.34. The van der Waals surface area contributed by atoms with E-state index in [-0.39, 0.29) is 5.56 Å². The summed E-state index contributed by atoms with van der Waals surface area (Å²) >= 11 is 5.99. The minimum atomic E-state index is -0.103. The molecule has 1 aromatic carbocycles. The zero-order valence-electron chi connectivity index (χ0n) is 7.10. The first-order chi connectivity index (χ1) is 6.16. The summed E-state index contributed by atoms with van der Waals surface area (Å²) in [4.78, 5) is 13.7. The fourth-order valence-corrected chi connectivity index (χ4v) is 1.70. The molecule has 0 saturated heterocycles. The highest BCUT2D eigenvalue weighted by atomic mass is 35.5. The van der Waals surface area contributed by atoms with E-state index in [0.717, 1.165) is 16.5 Å². The molecule has 0 saturated carbocycles. The first kappa shape index (κ1) is 8.32. The number of hydrogen-bond donors (Lipinski definition) is 1. The molecule has 0 unspecified atom stereocenters. The molecular weight excluding hydrogens is 186 g/mol. The minimum Gasteiger partial charge on any atom is -0.322 e. The van der Waals surface area contributed by atoms with Crippen LogP contribution < -0.4 is 5.56 Å². The number of rotatable bonds is 0. The standard InChI is InChI=1S/C10H8ClNO/c1-6-4-8(11)7-2-3-10(13)12-9(7)5-6/h2-5H,1H3,(H,12,13). The van der Waals surface area contributed by atoms with Gasteiger partial charge in [0.15, 0.2) is 0 Å². The van der Waals surface area contributed by atoms with Crippen molar-refractivity contribution in [1.82, 2.24) is 4.98 Å². The van der Waals surface area contributed by atoms with Gasteiger partial charge in [-0.15, -0.1) is 0 Å². The highest BCUT2D eigenvalue weighted by Gasteiger charge is 1.99. The summed E-state index contributed by atoms with van der Waals surface area (Å²) in [6.45, 7) is 1.94. The molecule has 0 spiro atoms. The molecule has 13 heavy (non-hydrogen) atoms. The third-order valence-electron chi connectivity index (χ3n) is 1.93. The van der Waals surface area contributed by atoms with Gasteiger partial charge in [0.2, 0.25) is 5.56 Å². The summed E-state index contributed by atoms with van der Waals surface area (Å²) in [6, 6.07) is 6.99. The van der Waals surface area contributed by atoms with Crippen LogP contribution in [0.1, 0.15) is 5.56 Å². The Morgan fingerprint density at radius 1 is 1.31 bits per heavy atom. The van der Waals surface area contributed by atoms with E-state index in [1.165, 1.54) is 6.07 Å². The fourth-order valence-electron chi connectivity index (χ4n) is 1.36. The lowest BCUT2D eigenvalue weighted by Crippen LogP contribution is -2.02. The Balaban J connectivity index is 2.94. The molecule has 0 radical (unpaired) electrons. The molecule has 1 heterocycles. The number of aromatic nitrogens is 1. The normalized spacial score (nSPS) is 10.6. The lowest BCUT2D eigenvalue weighted by atomic mass is 10.1. The highest BCUT2D eigenvalue weighted by molar-refractivity contribution is 6.35. The van der Waals surface area contributed by atoms with Crippen molar-refractivity contribution in [2.45, 2.75) is 6.92 Å². The molecule has 2 nitrogen and oxygen atoms in total. The molecule has 0 atom stereocenters. The van der Waals surface area contributed by atoms with Crippen molar-refractivity contribution in [3.05, 3.63) is 45.2 Å². The second-order valence-corrected chi connectivity index (χ2v) is 3.44. The molecule has 0 aliphatic heterocycles. The van der Waals surface area contributed by atoms with Crippen molar-refractivity contribution in [3.63, 3.8) is 0 Å². The van der Waals surface area contributed by atoms with Gasteiger partial charge < -0.3 is 4.98 Å². The van der Waals surface area contributed by atoms with E-state index in [9.17, 15) is 4.79 Å². The molecule has 0 fully saturated rings. The average Bonchev–Trinajstić information content (AvgIpc) is 2.02. The number of nitrogens with one attached hydrogen (secondary N) is 1. The predicted octanol–water partition coefficient (Wildman–Crippen LogP) is 2.49. The molecular formula is C10H8ClNO. The quantitative estimate of drug-likeness (QED) is 0.685. The summed E-state index contributed by atoms with van der Waals surface area (Å²) in [5.41, 5.74) is 1.73. The van der Waals surface area contributed by atoms with Gasteiger partial charge >= 0.3 is 0 Å². The van der Waals surface area contributed by atoms with Crippen molar-refractivity contribution < 1.29 is 0 Å². The van der Waals surface area contributed by atoms with Gasteiger partial charge in [0.1, 0.15) is 0 Å². The van der Waals surface area contributed by atoms with Gasteiger partial charge in [-0.3, -0.25) is 4.79 Å². The molecule has 0 aliphatic carbocycles. The van der Waals surface area contributed by atoms with Gasteiger partial charge in [0.05, 0.1) is 10.5 Å². The molecule has 1 N–H and O–H groups in total. The second-order valence-electron chi connectivity index (χ2n) is 3.03. The highest BCUT2D eigenvalue weighted by Crippen LogP contribution is 2.22. The Kier molecular flexibility index (Phi) is 1.85. The smallest absolute Gasteiger partial charge is 0.248 e. The maximum atomic E-state index is 11.0. The maximum absolute atomic E-state index is 11.0. The number of H-pyrrole nitrogens is 1. The van der Waals surface area contributed by atoms with Crippen molar-refractivity contribution >= 4 is 22.5 Å². The number of fused-ring (bicyclic) bond motifs is 1. The van der Waals surface area contributed by atoms with Crippen molar-refractivity contribution in [2.24, 2.45) is 0 Å². The van der Waals surface area contributed by atoms with Gasteiger partial charge in [-0.2, -0.15) is 0 Å². The van der Waals surface area contributed by atoms with Gasteiger partial charge in [-0.1, -0.05) is 11.6 Å². The number of hydrogen-bond acceptors (Lipinski definition) is 1. The maximum Gasteiger partial charge on any atom is 0.248 e. The van der Waals surface area contributed by atoms with Crippen LogP contribution in [0.4, 0.5) is 0 Å². The lowest BCUT2D eigenvalue weighted by Gasteiger charge is -2.01. The van der Waals surface area contributed by atoms with E-state index in [1.807, 2.05) is 19.1 Å². The van der Waals surface area contributed by atoms with Crippen LogP contribution in [0.2, 0.25) is 5.02 Å². The van der Waals surface area contributed by atoms with E-state index < -0.39 is 0 Å². The van der Waals surface area contributed by atoms with Crippen molar-refractivity contribution in [2.75, 3.05) is 0 Å². The van der Waals surface area contributed by atoms with E-state index >= 15 is 0 Å². The number of pyridine rings is 1. The van der Waals surface area contributed by atoms with Gasteiger partial charge in [0.25, 0.3) is 0 Å². The van der Waals surface area contributed by atoms with Crippen LogP contribution in [-0.2, 0) is 0 Å². The third kappa shape index (κ3) is 1.45. The number of aryl methyl sites for hydroxylation is 1. The Hall–Kier alpha value is -1.28. The Labute approximate surface area is 80.2 Å². The SMILES string of the molecule is Cc1cc(Cl)c2ccc(=O)[nH]c2c1. The van der Waals surface area contributed by atoms with Crippen LogP contribution in [-0.4, -0.2) is 4.98 Å². The summed E-state index contributed by atoms with van der Waals surface area (Å²) in [5.74, 6) is 0. The van der Waals surface area contributed by atoms with Crippen LogP contribution in [0.25, 0.3) is 10.9 Å². The van der Waals surface area contributed by atoms with Gasteiger partial charge in [0, 0.05) is 11.5 Å². The molecule has 2 aromatic rings. The summed E-state index contributed by atoms with van der Waals surface area (Å²) in [5, 5.41) is 1.55. The van der Waals surface area contributed by atoms with Crippen LogP contribution >= 0.6 is 11.6 Å². The van der Waals surface area contributed by atoms with Crippen molar-refractivity contribution in [1.29, 1.82) is 0 Å². The van der Waals surface area contributed by atoms with Crippen LogP contribution in [0.5, 0.6) is 0 Å². The lowest BCUT2D eigenvalue weighted by molar-refractivity contribution is 1.30. The number of benzene rings is 1. The number of aromatic amines is 1. The van der Waals surface area contributed by atoms with E-state index in [0.29, 0.717) is 5.02 Å². The molecule has 2 rings (SSSR count). The Bertz CT molecular complexity index is 516. The summed E-state index contributed by atoms with van der Waals surface area (Å²) in [6.07, 6.45) is 0. The molecule has 3 heteroatoms. The van der Waals surface area contributed by atoms with E-state index in [4.69, 9.17) is 11.6 Å². The zero-order chi connectivity index (χ0) is 9.42. The third-order valence-corrected chi connectivity index (χ3v) is 2.25. The van der Waals surface area contributed by atoms with Crippen LogP contribution in [0, 0.1) is 6.92 Å². The fraction of sp³-hybridized carbons (Fsp3) is 0.100. The van der Waals surface area contributed by atoms with Gasteiger partial charge in [-0.05, 0) is 30.7 Å². The summed E-state index contributed by atoms with van der Waals surface area (Å²) < 4.78 is 0. The molecule has 66 valence electrons. The van der Waals surface area contributed by atoms with E-state index in [1.54, 1.807) is 6.07 Å². The second kappa shape index (κ2) is 2.89. The average molecular weight is 194 g/mol. The minimum absolute atomic E-state index is 0.103. The predicted molar refractivity (Wildman–Crippen MR) is 54.3 cm³/mol. The monoisotopic (exact) mass is 193 g/mol. The molecule has 1 aromatic heterocycles. The molecule has 0 amide bonds.